The lowest BCUT2D eigenvalue weighted by Gasteiger charge is -2.18. The summed E-state index contributed by atoms with van der Waals surface area (Å²) in [6, 6.07) is 8.57. The first-order valence-corrected chi connectivity index (χ1v) is 11.3. The number of hydrogen-bond donors (Lipinski definition) is 1. The highest BCUT2D eigenvalue weighted by atomic mass is 32.2. The van der Waals surface area contributed by atoms with Crippen LogP contribution in [0.1, 0.15) is 30.1 Å². The van der Waals surface area contributed by atoms with Crippen LogP contribution in [0.2, 0.25) is 0 Å². The number of amides is 1. The molecule has 1 aliphatic heterocycles. The molecule has 0 saturated carbocycles. The van der Waals surface area contributed by atoms with Crippen molar-refractivity contribution in [3.63, 3.8) is 0 Å². The van der Waals surface area contributed by atoms with Gasteiger partial charge in [-0.3, -0.25) is 4.79 Å². The number of nitrogens with zero attached hydrogens (tertiary/aromatic N) is 3. The summed E-state index contributed by atoms with van der Waals surface area (Å²) in [7, 11) is -3.27. The summed E-state index contributed by atoms with van der Waals surface area (Å²) < 4.78 is 28.4. The molecule has 0 spiro atoms. The molecule has 0 aliphatic carbocycles. The smallest absolute Gasteiger partial charge is 0.258 e. The Morgan fingerprint density at radius 1 is 1.24 bits per heavy atom. The highest BCUT2D eigenvalue weighted by Gasteiger charge is 2.21. The molecule has 0 bridgehead atoms. The first-order valence-electron chi connectivity index (χ1n) is 9.36. The third-order valence-corrected chi connectivity index (χ3v) is 4.96. The standard InChI is InChI=1S/C20H24N4O4S/c1-15(10-13-29(2,26)27)22-18(25)17-14-21-20(24-11-6-7-12-24)23-19(17)28-16-8-4-3-5-9-16/h3-5,8-10,13-15H,6-7,11-12H2,1-2H3,(H,22,25). The topological polar surface area (TPSA) is 101 Å². The number of aromatic nitrogens is 2. The Labute approximate surface area is 170 Å². The zero-order valence-electron chi connectivity index (χ0n) is 16.4. The fourth-order valence-electron chi connectivity index (χ4n) is 2.85. The number of anilines is 1. The van der Waals surface area contributed by atoms with E-state index in [-0.39, 0.29) is 11.4 Å². The molecule has 1 aliphatic rings. The first kappa shape index (κ1) is 20.8. The molecule has 1 aromatic heterocycles. The molecule has 1 aromatic carbocycles. The lowest BCUT2D eigenvalue weighted by Crippen LogP contribution is -2.32. The van der Waals surface area contributed by atoms with Gasteiger partial charge >= 0.3 is 0 Å². The molecule has 2 aromatic rings. The molecule has 1 atom stereocenters. The number of benzene rings is 1. The molecular formula is C20H24N4O4S. The monoisotopic (exact) mass is 416 g/mol. The van der Waals surface area contributed by atoms with Gasteiger partial charge in [0.2, 0.25) is 11.8 Å². The van der Waals surface area contributed by atoms with Gasteiger partial charge < -0.3 is 15.0 Å². The Kier molecular flexibility index (Phi) is 6.48. The van der Waals surface area contributed by atoms with Gasteiger partial charge in [-0.2, -0.15) is 4.98 Å². The van der Waals surface area contributed by atoms with Crippen LogP contribution in [0, 0.1) is 0 Å². The summed E-state index contributed by atoms with van der Waals surface area (Å²) in [5, 5.41) is 3.78. The van der Waals surface area contributed by atoms with Crippen LogP contribution in [0.25, 0.3) is 0 Å². The molecule has 29 heavy (non-hydrogen) atoms. The molecule has 9 heteroatoms. The van der Waals surface area contributed by atoms with Crippen LogP contribution in [-0.4, -0.2) is 49.7 Å². The predicted octanol–water partition coefficient (Wildman–Crippen LogP) is 2.55. The van der Waals surface area contributed by atoms with Crippen LogP contribution >= 0.6 is 0 Å². The van der Waals surface area contributed by atoms with Crippen molar-refractivity contribution < 1.29 is 17.9 Å². The molecule has 3 rings (SSSR count). The van der Waals surface area contributed by atoms with Gasteiger partial charge in [-0.1, -0.05) is 24.3 Å². The van der Waals surface area contributed by atoms with Gasteiger partial charge in [0.1, 0.15) is 11.3 Å². The van der Waals surface area contributed by atoms with E-state index in [0.29, 0.717) is 11.7 Å². The summed E-state index contributed by atoms with van der Waals surface area (Å²) in [6.07, 6.45) is 6.09. The second-order valence-corrected chi connectivity index (χ2v) is 8.85. The number of hydrogen-bond acceptors (Lipinski definition) is 7. The van der Waals surface area contributed by atoms with Crippen LogP contribution in [0.5, 0.6) is 11.6 Å². The second-order valence-electron chi connectivity index (χ2n) is 6.92. The van der Waals surface area contributed by atoms with Crippen molar-refractivity contribution in [1.29, 1.82) is 0 Å². The van der Waals surface area contributed by atoms with Gasteiger partial charge in [0.25, 0.3) is 5.91 Å². The van der Waals surface area contributed by atoms with E-state index in [0.717, 1.165) is 37.6 Å². The fourth-order valence-corrected chi connectivity index (χ4v) is 3.37. The van der Waals surface area contributed by atoms with Gasteiger partial charge in [-0.05, 0) is 31.9 Å². The minimum Gasteiger partial charge on any atom is -0.438 e. The lowest BCUT2D eigenvalue weighted by molar-refractivity contribution is 0.0943. The zero-order chi connectivity index (χ0) is 20.9. The van der Waals surface area contributed by atoms with Crippen LogP contribution in [0.3, 0.4) is 0 Å². The first-order chi connectivity index (χ1) is 13.8. The predicted molar refractivity (Wildman–Crippen MR) is 111 cm³/mol. The van der Waals surface area contributed by atoms with E-state index >= 15 is 0 Å². The fraction of sp³-hybridized carbons (Fsp3) is 0.350. The maximum Gasteiger partial charge on any atom is 0.258 e. The summed E-state index contributed by atoms with van der Waals surface area (Å²) in [4.78, 5) is 23.6. The Morgan fingerprint density at radius 2 is 1.93 bits per heavy atom. The van der Waals surface area contributed by atoms with Crippen LogP contribution in [-0.2, 0) is 9.84 Å². The minimum atomic E-state index is -3.27. The molecule has 1 fully saturated rings. The number of para-hydroxylation sites is 1. The van der Waals surface area contributed by atoms with Gasteiger partial charge in [0.15, 0.2) is 9.84 Å². The average Bonchev–Trinajstić information content (AvgIpc) is 3.21. The van der Waals surface area contributed by atoms with Crippen molar-refractivity contribution in [2.75, 3.05) is 24.2 Å². The Bertz CT molecular complexity index is 987. The molecule has 1 unspecified atom stereocenters. The Morgan fingerprint density at radius 3 is 2.59 bits per heavy atom. The van der Waals surface area contributed by atoms with E-state index in [4.69, 9.17) is 4.74 Å². The van der Waals surface area contributed by atoms with Gasteiger partial charge in [-0.25, -0.2) is 13.4 Å². The van der Waals surface area contributed by atoms with E-state index in [1.54, 1.807) is 19.1 Å². The number of carbonyl (C=O) groups excluding carboxylic acids is 1. The van der Waals surface area contributed by atoms with Gasteiger partial charge in [-0.15, -0.1) is 0 Å². The van der Waals surface area contributed by atoms with E-state index in [9.17, 15) is 13.2 Å². The third-order valence-electron chi connectivity index (χ3n) is 4.31. The molecule has 1 saturated heterocycles. The van der Waals surface area contributed by atoms with Crippen LogP contribution in [0.15, 0.2) is 48.0 Å². The van der Waals surface area contributed by atoms with Crippen molar-refractivity contribution in [2.45, 2.75) is 25.8 Å². The molecule has 1 amide bonds. The summed E-state index contributed by atoms with van der Waals surface area (Å²) in [5.74, 6) is 0.784. The highest BCUT2D eigenvalue weighted by Crippen LogP contribution is 2.26. The summed E-state index contributed by atoms with van der Waals surface area (Å²) >= 11 is 0. The van der Waals surface area contributed by atoms with Gasteiger partial charge in [0, 0.05) is 37.0 Å². The molecule has 1 N–H and O–H groups in total. The van der Waals surface area contributed by atoms with Crippen molar-refractivity contribution in [2.24, 2.45) is 0 Å². The Hall–Kier alpha value is -2.94. The molecule has 0 radical (unpaired) electrons. The quantitative estimate of drug-likeness (QED) is 0.740. The van der Waals surface area contributed by atoms with Crippen molar-refractivity contribution in [3.8, 4) is 11.6 Å². The Balaban J connectivity index is 1.85. The molecule has 2 heterocycles. The normalized spacial score (nSPS) is 15.4. The number of sulfone groups is 1. The van der Waals surface area contributed by atoms with E-state index in [2.05, 4.69) is 20.2 Å². The van der Waals surface area contributed by atoms with E-state index < -0.39 is 21.8 Å². The average molecular weight is 417 g/mol. The molecular weight excluding hydrogens is 392 g/mol. The number of ether oxygens (including phenoxy) is 1. The lowest BCUT2D eigenvalue weighted by atomic mass is 10.2. The van der Waals surface area contributed by atoms with Crippen LogP contribution in [0.4, 0.5) is 5.95 Å². The maximum absolute atomic E-state index is 12.8. The zero-order valence-corrected chi connectivity index (χ0v) is 17.2. The van der Waals surface area contributed by atoms with Crippen molar-refractivity contribution in [3.05, 3.63) is 53.6 Å². The van der Waals surface area contributed by atoms with Crippen molar-refractivity contribution in [1.82, 2.24) is 15.3 Å². The maximum atomic E-state index is 12.8. The number of rotatable bonds is 7. The van der Waals surface area contributed by atoms with E-state index in [1.165, 1.54) is 12.3 Å². The number of carbonyl (C=O) groups is 1. The van der Waals surface area contributed by atoms with E-state index in [1.807, 2.05) is 18.2 Å². The minimum absolute atomic E-state index is 0.157. The highest BCUT2D eigenvalue weighted by molar-refractivity contribution is 7.93. The van der Waals surface area contributed by atoms with Gasteiger partial charge in [0.05, 0.1) is 0 Å². The molecule has 154 valence electrons. The SMILES string of the molecule is CC(C=CS(C)(=O)=O)NC(=O)c1cnc(N2CCCC2)nc1Oc1ccccc1. The molecule has 8 nitrogen and oxygen atoms in total. The summed E-state index contributed by atoms with van der Waals surface area (Å²) in [6.45, 7) is 3.41. The third kappa shape index (κ3) is 6.02. The number of nitrogens with one attached hydrogen (secondary N) is 1. The largest absolute Gasteiger partial charge is 0.438 e. The van der Waals surface area contributed by atoms with Crippen LogP contribution < -0.4 is 15.0 Å². The summed E-state index contributed by atoms with van der Waals surface area (Å²) in [5.41, 5.74) is 0.177. The second kappa shape index (κ2) is 9.04. The van der Waals surface area contributed by atoms with Crippen molar-refractivity contribution >= 4 is 21.7 Å².